The fourth-order valence-electron chi connectivity index (χ4n) is 1.47. The molecule has 4 heteroatoms. The standard InChI is InChI=1S/C11H16N4/c1-11(2,3)9-7-15-8(6-12)4-5-13-10(15)14-9/h4-5,7H,6,12H2,1-3H3. The van der Waals surface area contributed by atoms with E-state index in [1.54, 1.807) is 6.20 Å². The lowest BCUT2D eigenvalue weighted by Gasteiger charge is -2.13. The van der Waals surface area contributed by atoms with Crippen molar-refractivity contribution in [3.05, 3.63) is 29.8 Å². The maximum atomic E-state index is 5.66. The van der Waals surface area contributed by atoms with Gasteiger partial charge in [0.25, 0.3) is 0 Å². The summed E-state index contributed by atoms with van der Waals surface area (Å²) in [6.45, 7) is 6.91. The fourth-order valence-corrected chi connectivity index (χ4v) is 1.47. The van der Waals surface area contributed by atoms with Crippen LogP contribution in [0.2, 0.25) is 0 Å². The van der Waals surface area contributed by atoms with Gasteiger partial charge in [0.15, 0.2) is 0 Å². The molecule has 2 aromatic heterocycles. The maximum Gasteiger partial charge on any atom is 0.234 e. The fraction of sp³-hybridized carbons (Fsp3) is 0.455. The van der Waals surface area contributed by atoms with Crippen molar-refractivity contribution in [2.75, 3.05) is 0 Å². The molecule has 0 aliphatic rings. The summed E-state index contributed by atoms with van der Waals surface area (Å²) in [5.41, 5.74) is 7.77. The van der Waals surface area contributed by atoms with E-state index in [0.717, 1.165) is 17.2 Å². The normalized spacial score (nSPS) is 12.3. The second-order valence-corrected chi connectivity index (χ2v) is 4.69. The van der Waals surface area contributed by atoms with Gasteiger partial charge in [-0.15, -0.1) is 0 Å². The zero-order valence-corrected chi connectivity index (χ0v) is 9.36. The van der Waals surface area contributed by atoms with Crippen molar-refractivity contribution in [2.24, 2.45) is 5.73 Å². The van der Waals surface area contributed by atoms with Gasteiger partial charge in [-0.1, -0.05) is 20.8 Å². The van der Waals surface area contributed by atoms with Gasteiger partial charge in [-0.3, -0.25) is 4.40 Å². The highest BCUT2D eigenvalue weighted by molar-refractivity contribution is 5.34. The number of nitrogens with two attached hydrogens (primary N) is 1. The van der Waals surface area contributed by atoms with Gasteiger partial charge in [0.2, 0.25) is 5.78 Å². The van der Waals surface area contributed by atoms with Crippen molar-refractivity contribution < 1.29 is 0 Å². The van der Waals surface area contributed by atoms with Gasteiger partial charge < -0.3 is 5.73 Å². The summed E-state index contributed by atoms with van der Waals surface area (Å²) >= 11 is 0. The van der Waals surface area contributed by atoms with Crippen LogP contribution in [0.25, 0.3) is 5.78 Å². The lowest BCUT2D eigenvalue weighted by molar-refractivity contribution is 0.572. The predicted molar refractivity (Wildman–Crippen MR) is 59.6 cm³/mol. The molecule has 0 saturated heterocycles. The summed E-state index contributed by atoms with van der Waals surface area (Å²) in [5, 5.41) is 0. The molecule has 0 radical (unpaired) electrons. The van der Waals surface area contributed by atoms with Crippen molar-refractivity contribution in [3.63, 3.8) is 0 Å². The van der Waals surface area contributed by atoms with Gasteiger partial charge in [-0.2, -0.15) is 0 Å². The Morgan fingerprint density at radius 3 is 2.73 bits per heavy atom. The van der Waals surface area contributed by atoms with Crippen molar-refractivity contribution in [1.29, 1.82) is 0 Å². The molecule has 0 bridgehead atoms. The lowest BCUT2D eigenvalue weighted by Crippen LogP contribution is -2.11. The Bertz CT molecular complexity index is 479. The van der Waals surface area contributed by atoms with Crippen LogP contribution in [0.15, 0.2) is 18.5 Å². The van der Waals surface area contributed by atoms with Gasteiger partial charge in [-0.05, 0) is 6.07 Å². The van der Waals surface area contributed by atoms with Gasteiger partial charge in [0.05, 0.1) is 5.69 Å². The molecule has 0 aliphatic heterocycles. The molecule has 80 valence electrons. The molecule has 15 heavy (non-hydrogen) atoms. The van der Waals surface area contributed by atoms with Crippen molar-refractivity contribution in [1.82, 2.24) is 14.4 Å². The molecule has 2 N–H and O–H groups in total. The van der Waals surface area contributed by atoms with E-state index in [1.807, 2.05) is 16.7 Å². The molecule has 0 spiro atoms. The van der Waals surface area contributed by atoms with Crippen LogP contribution in [0, 0.1) is 0 Å². The molecule has 2 rings (SSSR count). The minimum absolute atomic E-state index is 0.0412. The molecule has 0 saturated carbocycles. The topological polar surface area (TPSA) is 56.2 Å². The van der Waals surface area contributed by atoms with Gasteiger partial charge in [0, 0.05) is 30.0 Å². The second kappa shape index (κ2) is 3.31. The first kappa shape index (κ1) is 10.1. The van der Waals surface area contributed by atoms with Crippen molar-refractivity contribution in [2.45, 2.75) is 32.7 Å². The summed E-state index contributed by atoms with van der Waals surface area (Å²) in [6, 6.07) is 1.92. The minimum Gasteiger partial charge on any atom is -0.325 e. The summed E-state index contributed by atoms with van der Waals surface area (Å²) in [4.78, 5) is 8.71. The lowest BCUT2D eigenvalue weighted by atomic mass is 9.93. The SMILES string of the molecule is CC(C)(C)c1cn2c(CN)ccnc2n1. The summed E-state index contributed by atoms with van der Waals surface area (Å²) in [7, 11) is 0. The summed E-state index contributed by atoms with van der Waals surface area (Å²) in [5.74, 6) is 0.725. The maximum absolute atomic E-state index is 5.66. The third-order valence-corrected chi connectivity index (χ3v) is 2.43. The monoisotopic (exact) mass is 204 g/mol. The van der Waals surface area contributed by atoms with Crippen LogP contribution in [0.5, 0.6) is 0 Å². The van der Waals surface area contributed by atoms with E-state index < -0.39 is 0 Å². The van der Waals surface area contributed by atoms with Crippen LogP contribution >= 0.6 is 0 Å². The molecular formula is C11H16N4. The van der Waals surface area contributed by atoms with E-state index in [2.05, 4.69) is 30.7 Å². The van der Waals surface area contributed by atoms with E-state index in [1.165, 1.54) is 0 Å². The number of aromatic nitrogens is 3. The smallest absolute Gasteiger partial charge is 0.234 e. The largest absolute Gasteiger partial charge is 0.325 e. The number of imidazole rings is 1. The van der Waals surface area contributed by atoms with E-state index >= 15 is 0 Å². The zero-order chi connectivity index (χ0) is 11.1. The third-order valence-electron chi connectivity index (χ3n) is 2.43. The first-order valence-corrected chi connectivity index (χ1v) is 5.06. The molecule has 0 unspecified atom stereocenters. The molecule has 2 heterocycles. The molecule has 0 amide bonds. The molecule has 0 aromatic carbocycles. The average Bonchev–Trinajstić information content (AvgIpc) is 2.59. The van der Waals surface area contributed by atoms with Crippen LogP contribution in [-0.4, -0.2) is 14.4 Å². The number of rotatable bonds is 1. The highest BCUT2D eigenvalue weighted by atomic mass is 15.1. The summed E-state index contributed by atoms with van der Waals surface area (Å²) < 4.78 is 1.96. The number of hydrogen-bond acceptors (Lipinski definition) is 3. The number of hydrogen-bond donors (Lipinski definition) is 1. The van der Waals surface area contributed by atoms with Crippen molar-refractivity contribution in [3.8, 4) is 0 Å². The zero-order valence-electron chi connectivity index (χ0n) is 9.36. The molecular weight excluding hydrogens is 188 g/mol. The average molecular weight is 204 g/mol. The Hall–Kier alpha value is -1.42. The first-order valence-electron chi connectivity index (χ1n) is 5.06. The molecule has 4 nitrogen and oxygen atoms in total. The van der Waals surface area contributed by atoms with E-state index in [4.69, 9.17) is 5.73 Å². The van der Waals surface area contributed by atoms with Gasteiger partial charge in [0.1, 0.15) is 0 Å². The molecule has 0 fully saturated rings. The molecule has 0 atom stereocenters. The summed E-state index contributed by atoms with van der Waals surface area (Å²) in [6.07, 6.45) is 3.77. The Kier molecular flexibility index (Phi) is 2.23. The van der Waals surface area contributed by atoms with Crippen LogP contribution in [0.3, 0.4) is 0 Å². The Morgan fingerprint density at radius 1 is 1.40 bits per heavy atom. The highest BCUT2D eigenvalue weighted by Gasteiger charge is 2.18. The van der Waals surface area contributed by atoms with Gasteiger partial charge >= 0.3 is 0 Å². The molecule has 0 aliphatic carbocycles. The number of fused-ring (bicyclic) bond motifs is 1. The van der Waals surface area contributed by atoms with E-state index in [0.29, 0.717) is 6.54 Å². The Labute approximate surface area is 89.2 Å². The van der Waals surface area contributed by atoms with Crippen LogP contribution in [0.1, 0.15) is 32.2 Å². The van der Waals surface area contributed by atoms with Crippen molar-refractivity contribution >= 4 is 5.78 Å². The van der Waals surface area contributed by atoms with Crippen LogP contribution < -0.4 is 5.73 Å². The van der Waals surface area contributed by atoms with E-state index in [-0.39, 0.29) is 5.41 Å². The predicted octanol–water partition coefficient (Wildman–Crippen LogP) is 1.49. The second-order valence-electron chi connectivity index (χ2n) is 4.69. The third kappa shape index (κ3) is 1.72. The number of nitrogens with zero attached hydrogens (tertiary/aromatic N) is 3. The minimum atomic E-state index is 0.0412. The Morgan fingerprint density at radius 2 is 2.13 bits per heavy atom. The van der Waals surface area contributed by atoms with E-state index in [9.17, 15) is 0 Å². The molecule has 2 aromatic rings. The highest BCUT2D eigenvalue weighted by Crippen LogP contribution is 2.21. The van der Waals surface area contributed by atoms with Crippen LogP contribution in [-0.2, 0) is 12.0 Å². The Balaban J connectivity index is 2.65. The van der Waals surface area contributed by atoms with Gasteiger partial charge in [-0.25, -0.2) is 9.97 Å². The quantitative estimate of drug-likeness (QED) is 0.765. The van der Waals surface area contributed by atoms with Crippen LogP contribution in [0.4, 0.5) is 0 Å². The first-order chi connectivity index (χ1) is 7.02.